The molecule has 0 saturated carbocycles. The molecule has 1 saturated heterocycles. The molecular weight excluding hydrogens is 447 g/mol. The predicted molar refractivity (Wildman–Crippen MR) is 121 cm³/mol. The number of hydrogen-bond acceptors (Lipinski definition) is 5. The molecule has 0 bridgehead atoms. The molecule has 33 heavy (non-hydrogen) atoms. The van der Waals surface area contributed by atoms with Crippen molar-refractivity contribution in [2.24, 2.45) is 0 Å². The summed E-state index contributed by atoms with van der Waals surface area (Å²) in [6, 6.07) is 18.9. The molecule has 7 nitrogen and oxygen atoms in total. The topological polar surface area (TPSA) is 84.9 Å². The largest absolute Gasteiger partial charge is 0.455 e. The van der Waals surface area contributed by atoms with Crippen molar-refractivity contribution in [2.45, 2.75) is 11.3 Å². The number of morpholine rings is 1. The average Bonchev–Trinajstić information content (AvgIpc) is 2.83. The minimum Gasteiger partial charge on any atom is -0.455 e. The van der Waals surface area contributed by atoms with Crippen LogP contribution in [0, 0.1) is 5.82 Å². The monoisotopic (exact) mass is 470 g/mol. The molecule has 172 valence electrons. The lowest BCUT2D eigenvalue weighted by atomic mass is 10.1. The number of para-hydroxylation sites is 1. The van der Waals surface area contributed by atoms with Gasteiger partial charge in [-0.15, -0.1) is 0 Å². The van der Waals surface area contributed by atoms with Gasteiger partial charge in [-0.2, -0.15) is 4.31 Å². The van der Waals surface area contributed by atoms with Gasteiger partial charge in [0, 0.05) is 13.1 Å². The molecule has 1 fully saturated rings. The summed E-state index contributed by atoms with van der Waals surface area (Å²) in [6.45, 7) is 1.18. The number of rotatable bonds is 7. The molecule has 1 amide bonds. The van der Waals surface area contributed by atoms with Crippen LogP contribution in [0.4, 0.5) is 10.1 Å². The van der Waals surface area contributed by atoms with Gasteiger partial charge in [0.2, 0.25) is 15.9 Å². The van der Waals surface area contributed by atoms with E-state index in [0.717, 1.165) is 0 Å². The summed E-state index contributed by atoms with van der Waals surface area (Å²) in [6.07, 6.45) is -0.00843. The standard InChI is InChI=1S/C24H23FN2O5S/c25-19-8-6-18(7-9-19)16-24(28)26-22-17-21(33(29,30)27-12-14-31-15-13-27)10-11-23(22)32-20-4-2-1-3-5-20/h1-11,17H,12-16H2,(H,26,28). The van der Waals surface area contributed by atoms with E-state index in [2.05, 4.69) is 5.32 Å². The van der Waals surface area contributed by atoms with E-state index in [0.29, 0.717) is 30.3 Å². The Morgan fingerprint density at radius 1 is 1.00 bits per heavy atom. The van der Waals surface area contributed by atoms with Crippen molar-refractivity contribution in [3.63, 3.8) is 0 Å². The average molecular weight is 471 g/mol. The number of sulfonamides is 1. The first kappa shape index (κ1) is 22.9. The fraction of sp³-hybridized carbons (Fsp3) is 0.208. The summed E-state index contributed by atoms with van der Waals surface area (Å²) in [5.74, 6) is 0.0593. The summed E-state index contributed by atoms with van der Waals surface area (Å²) in [5.41, 5.74) is 0.844. The Morgan fingerprint density at radius 3 is 2.39 bits per heavy atom. The van der Waals surface area contributed by atoms with Gasteiger partial charge in [-0.05, 0) is 48.0 Å². The van der Waals surface area contributed by atoms with E-state index in [9.17, 15) is 17.6 Å². The van der Waals surface area contributed by atoms with Crippen LogP contribution in [0.25, 0.3) is 0 Å². The van der Waals surface area contributed by atoms with Gasteiger partial charge >= 0.3 is 0 Å². The van der Waals surface area contributed by atoms with Crippen molar-refractivity contribution < 1.29 is 27.1 Å². The summed E-state index contributed by atoms with van der Waals surface area (Å²) in [5, 5.41) is 2.74. The maximum Gasteiger partial charge on any atom is 0.243 e. The summed E-state index contributed by atoms with van der Waals surface area (Å²) in [4.78, 5) is 12.7. The highest BCUT2D eigenvalue weighted by atomic mass is 32.2. The van der Waals surface area contributed by atoms with Crippen molar-refractivity contribution in [2.75, 3.05) is 31.6 Å². The Kier molecular flexibility index (Phi) is 7.02. The highest BCUT2D eigenvalue weighted by molar-refractivity contribution is 7.89. The highest BCUT2D eigenvalue weighted by Crippen LogP contribution is 2.33. The lowest BCUT2D eigenvalue weighted by Gasteiger charge is -2.26. The maximum absolute atomic E-state index is 13.2. The zero-order valence-corrected chi connectivity index (χ0v) is 18.6. The zero-order valence-electron chi connectivity index (χ0n) is 17.7. The third-order valence-electron chi connectivity index (χ3n) is 5.08. The van der Waals surface area contributed by atoms with Crippen LogP contribution in [0.1, 0.15) is 5.56 Å². The first-order chi connectivity index (χ1) is 15.9. The second-order valence-corrected chi connectivity index (χ2v) is 9.38. The Labute approximate surface area is 191 Å². The molecule has 3 aromatic rings. The predicted octanol–water partition coefficient (Wildman–Crippen LogP) is 3.82. The second-order valence-electron chi connectivity index (χ2n) is 7.44. The molecule has 0 spiro atoms. The molecule has 0 radical (unpaired) electrons. The molecule has 1 N–H and O–H groups in total. The second kappa shape index (κ2) is 10.1. The number of amides is 1. The Bertz CT molecular complexity index is 1210. The fourth-order valence-electron chi connectivity index (χ4n) is 3.39. The number of ether oxygens (including phenoxy) is 2. The van der Waals surface area contributed by atoms with Crippen molar-refractivity contribution in [3.8, 4) is 11.5 Å². The third-order valence-corrected chi connectivity index (χ3v) is 6.98. The Hall–Kier alpha value is -3.27. The smallest absolute Gasteiger partial charge is 0.243 e. The van der Waals surface area contributed by atoms with Crippen LogP contribution in [0.3, 0.4) is 0 Å². The van der Waals surface area contributed by atoms with Gasteiger partial charge in [0.1, 0.15) is 11.6 Å². The van der Waals surface area contributed by atoms with Crippen molar-refractivity contribution in [3.05, 3.63) is 84.2 Å². The molecule has 0 atom stereocenters. The Balaban J connectivity index is 1.62. The number of carbonyl (C=O) groups excluding carboxylic acids is 1. The van der Waals surface area contributed by atoms with E-state index < -0.39 is 15.8 Å². The first-order valence-corrected chi connectivity index (χ1v) is 11.8. The van der Waals surface area contributed by atoms with Crippen LogP contribution in [-0.4, -0.2) is 44.9 Å². The summed E-state index contributed by atoms with van der Waals surface area (Å²) in [7, 11) is -3.77. The molecular formula is C24H23FN2O5S. The number of benzene rings is 3. The minimum atomic E-state index is -3.77. The molecule has 0 unspecified atom stereocenters. The van der Waals surface area contributed by atoms with Crippen LogP contribution in [-0.2, 0) is 26.0 Å². The number of halogens is 1. The lowest BCUT2D eigenvalue weighted by Crippen LogP contribution is -2.40. The normalized spacial score (nSPS) is 14.6. The van der Waals surface area contributed by atoms with Crippen LogP contribution >= 0.6 is 0 Å². The van der Waals surface area contributed by atoms with Crippen molar-refractivity contribution >= 4 is 21.6 Å². The lowest BCUT2D eigenvalue weighted by molar-refractivity contribution is -0.115. The van der Waals surface area contributed by atoms with E-state index in [-0.39, 0.29) is 36.0 Å². The van der Waals surface area contributed by atoms with Crippen LogP contribution in [0.2, 0.25) is 0 Å². The SMILES string of the molecule is O=C(Cc1ccc(F)cc1)Nc1cc(S(=O)(=O)N2CCOCC2)ccc1Oc1ccccc1. The first-order valence-electron chi connectivity index (χ1n) is 10.4. The van der Waals surface area contributed by atoms with Crippen molar-refractivity contribution in [1.29, 1.82) is 0 Å². The van der Waals surface area contributed by atoms with Gasteiger partial charge < -0.3 is 14.8 Å². The summed E-state index contributed by atoms with van der Waals surface area (Å²) >= 11 is 0. The van der Waals surface area contributed by atoms with Crippen LogP contribution < -0.4 is 10.1 Å². The van der Waals surface area contributed by atoms with Gasteiger partial charge in [0.25, 0.3) is 0 Å². The third kappa shape index (κ3) is 5.75. The number of hydrogen-bond donors (Lipinski definition) is 1. The number of nitrogens with one attached hydrogen (secondary N) is 1. The number of carbonyl (C=O) groups is 1. The molecule has 0 aliphatic carbocycles. The molecule has 1 heterocycles. The van der Waals surface area contributed by atoms with E-state index in [1.165, 1.54) is 46.8 Å². The molecule has 4 rings (SSSR count). The van der Waals surface area contributed by atoms with Gasteiger partial charge in [-0.3, -0.25) is 4.79 Å². The quantitative estimate of drug-likeness (QED) is 0.568. The van der Waals surface area contributed by atoms with Crippen LogP contribution in [0.5, 0.6) is 11.5 Å². The molecule has 1 aliphatic heterocycles. The minimum absolute atomic E-state index is 0.00843. The van der Waals surface area contributed by atoms with Crippen LogP contribution in [0.15, 0.2) is 77.7 Å². The van der Waals surface area contributed by atoms with Gasteiger partial charge in [0.15, 0.2) is 5.75 Å². The molecule has 0 aromatic heterocycles. The number of anilines is 1. The number of nitrogens with zero attached hydrogens (tertiary/aromatic N) is 1. The zero-order chi connectivity index (χ0) is 23.3. The highest BCUT2D eigenvalue weighted by Gasteiger charge is 2.27. The van der Waals surface area contributed by atoms with Crippen molar-refractivity contribution in [1.82, 2.24) is 4.31 Å². The van der Waals surface area contributed by atoms with E-state index in [1.807, 2.05) is 6.07 Å². The summed E-state index contributed by atoms with van der Waals surface area (Å²) < 4.78 is 51.9. The Morgan fingerprint density at radius 2 is 1.70 bits per heavy atom. The van der Waals surface area contributed by atoms with Gasteiger partial charge in [-0.1, -0.05) is 30.3 Å². The van der Waals surface area contributed by atoms with Gasteiger partial charge in [-0.25, -0.2) is 12.8 Å². The maximum atomic E-state index is 13.2. The van der Waals surface area contributed by atoms with E-state index in [4.69, 9.17) is 9.47 Å². The molecule has 9 heteroatoms. The van der Waals surface area contributed by atoms with Gasteiger partial charge in [0.05, 0.1) is 30.2 Å². The molecule has 1 aliphatic rings. The molecule has 3 aromatic carbocycles. The van der Waals surface area contributed by atoms with E-state index in [1.54, 1.807) is 24.3 Å². The fourth-order valence-corrected chi connectivity index (χ4v) is 4.82. The van der Waals surface area contributed by atoms with E-state index >= 15 is 0 Å².